The molecule has 276 valence electrons. The van der Waals surface area contributed by atoms with Gasteiger partial charge in [0.2, 0.25) is 0 Å². The molecule has 0 spiro atoms. The van der Waals surface area contributed by atoms with Gasteiger partial charge in [0.15, 0.2) is 0 Å². The van der Waals surface area contributed by atoms with Crippen LogP contribution in [0.5, 0.6) is 5.75 Å². The topological polar surface area (TPSA) is 103 Å². The minimum Gasteiger partial charge on any atom is -0.493 e. The number of anilines is 3. The largest absolute Gasteiger partial charge is 0.493 e. The maximum atomic E-state index is 15.0. The Morgan fingerprint density at radius 3 is 2.23 bits per heavy atom. The van der Waals surface area contributed by atoms with E-state index in [2.05, 4.69) is 44.1 Å². The van der Waals surface area contributed by atoms with Crippen molar-refractivity contribution in [2.24, 2.45) is 5.92 Å². The maximum Gasteiger partial charge on any atom is 0.340 e. The number of amides is 2. The molecule has 52 heavy (non-hydrogen) atoms. The van der Waals surface area contributed by atoms with Crippen LogP contribution in [0.3, 0.4) is 0 Å². The van der Waals surface area contributed by atoms with E-state index < -0.39 is 23.3 Å². The Hall–Kier alpha value is -4.79. The highest BCUT2D eigenvalue weighted by molar-refractivity contribution is 5.93. The molecule has 1 aromatic heterocycles. The fourth-order valence-corrected chi connectivity index (χ4v) is 7.73. The van der Waals surface area contributed by atoms with Gasteiger partial charge in [0, 0.05) is 67.8 Å². The molecule has 3 fully saturated rings. The molecule has 4 heterocycles. The van der Waals surface area contributed by atoms with Crippen LogP contribution in [0.25, 0.3) is 0 Å². The van der Waals surface area contributed by atoms with E-state index in [0.717, 1.165) is 55.1 Å². The molecule has 1 N–H and O–H groups in total. The third kappa shape index (κ3) is 7.28. The molecule has 0 unspecified atom stereocenters. The van der Waals surface area contributed by atoms with E-state index in [4.69, 9.17) is 9.47 Å². The Bertz CT molecular complexity index is 1800. The lowest BCUT2D eigenvalue weighted by Gasteiger charge is -2.37. The van der Waals surface area contributed by atoms with Gasteiger partial charge in [-0.25, -0.2) is 28.3 Å². The van der Waals surface area contributed by atoms with E-state index in [1.54, 1.807) is 27.8 Å². The van der Waals surface area contributed by atoms with E-state index in [1.165, 1.54) is 18.5 Å². The molecular formula is C38H46F2N8O4. The van der Waals surface area contributed by atoms with Crippen molar-refractivity contribution in [1.29, 1.82) is 0 Å². The Morgan fingerprint density at radius 2 is 1.63 bits per heavy atom. The van der Waals surface area contributed by atoms with E-state index in [-0.39, 0.29) is 24.5 Å². The van der Waals surface area contributed by atoms with Crippen LogP contribution >= 0.6 is 0 Å². The molecule has 0 radical (unpaired) electrons. The van der Waals surface area contributed by atoms with E-state index in [1.807, 2.05) is 43.2 Å². The molecule has 3 aliphatic rings. The van der Waals surface area contributed by atoms with Crippen LogP contribution < -0.4 is 19.4 Å². The predicted octanol–water partition coefficient (Wildman–Crippen LogP) is 5.10. The van der Waals surface area contributed by atoms with Crippen molar-refractivity contribution in [3.63, 3.8) is 0 Å². The third-order valence-corrected chi connectivity index (χ3v) is 10.4. The Labute approximate surface area is 302 Å². The number of urea groups is 1. The molecular weight excluding hydrogens is 670 g/mol. The van der Waals surface area contributed by atoms with Gasteiger partial charge in [-0.3, -0.25) is 4.90 Å². The molecule has 14 heteroatoms. The SMILES string of the molecule is CC[C@@H]([C@H](C)O)N1C(=O)N(c2ccc(N3CCN(c4ccc(OC[C@@H]5CO[C@@](Cn6cncn6)(c6ccc(F)cc6F)C5)cc4)CC3)cc2)CN1C. The summed E-state index contributed by atoms with van der Waals surface area (Å²) in [5.41, 5.74) is 2.35. The number of aromatic nitrogens is 3. The Balaban J connectivity index is 0.910. The number of hydrogen-bond acceptors (Lipinski definition) is 9. The van der Waals surface area contributed by atoms with Crippen LogP contribution in [-0.4, -0.2) is 101 Å². The summed E-state index contributed by atoms with van der Waals surface area (Å²) in [4.78, 5) is 23.7. The molecule has 4 atom stereocenters. The molecule has 3 saturated heterocycles. The fraction of sp³-hybridized carbons (Fsp3) is 0.447. The van der Waals surface area contributed by atoms with Crippen molar-refractivity contribution in [3.05, 3.63) is 96.6 Å². The Kier molecular flexibility index (Phi) is 10.3. The zero-order chi connectivity index (χ0) is 36.4. The Morgan fingerprint density at radius 1 is 0.981 bits per heavy atom. The molecule has 12 nitrogen and oxygen atoms in total. The first-order valence-corrected chi connectivity index (χ1v) is 17.9. The van der Waals surface area contributed by atoms with E-state index >= 15 is 0 Å². The van der Waals surface area contributed by atoms with Crippen molar-refractivity contribution in [2.45, 2.75) is 51.0 Å². The highest BCUT2D eigenvalue weighted by Gasteiger charge is 2.45. The number of ether oxygens (including phenoxy) is 2. The number of aliphatic hydroxyl groups is 1. The number of halogens is 2. The van der Waals surface area contributed by atoms with Crippen LogP contribution in [-0.2, 0) is 16.9 Å². The number of rotatable bonds is 12. The number of carbonyl (C=O) groups is 1. The summed E-state index contributed by atoms with van der Waals surface area (Å²) in [6.07, 6.45) is 3.51. The van der Waals surface area contributed by atoms with Crippen molar-refractivity contribution >= 4 is 23.1 Å². The molecule has 2 amide bonds. The minimum atomic E-state index is -1.02. The van der Waals surface area contributed by atoms with Gasteiger partial charge >= 0.3 is 6.03 Å². The fourth-order valence-electron chi connectivity index (χ4n) is 7.73. The number of hydrogen-bond donors (Lipinski definition) is 1. The van der Waals surface area contributed by atoms with Crippen molar-refractivity contribution in [1.82, 2.24) is 24.8 Å². The molecule has 0 aliphatic carbocycles. The lowest BCUT2D eigenvalue weighted by molar-refractivity contribution is -0.0206. The number of nitrogens with zero attached hydrogens (tertiary/aromatic N) is 8. The molecule has 0 saturated carbocycles. The van der Waals surface area contributed by atoms with Crippen molar-refractivity contribution < 1.29 is 28.2 Å². The summed E-state index contributed by atoms with van der Waals surface area (Å²) in [5.74, 6) is -0.549. The van der Waals surface area contributed by atoms with Crippen LogP contribution in [0.15, 0.2) is 79.4 Å². The summed E-state index contributed by atoms with van der Waals surface area (Å²) in [7, 11) is 1.87. The van der Waals surface area contributed by atoms with Gasteiger partial charge < -0.3 is 24.4 Å². The second-order valence-corrected chi connectivity index (χ2v) is 14.0. The van der Waals surface area contributed by atoms with Gasteiger partial charge in [-0.1, -0.05) is 13.0 Å². The smallest absolute Gasteiger partial charge is 0.340 e. The molecule has 3 aromatic carbocycles. The van der Waals surface area contributed by atoms with Crippen LogP contribution in [0, 0.1) is 17.6 Å². The molecule has 7 rings (SSSR count). The quantitative estimate of drug-likeness (QED) is 0.215. The average Bonchev–Trinajstić information content (AvgIpc) is 3.88. The number of aliphatic hydroxyl groups excluding tert-OH is 1. The standard InChI is InChI=1S/C38H46F2N8O4/c1-4-36(27(2)49)48-37(50)47(26-43(48)3)32-8-6-30(7-9-32)44-15-17-45(18-16-44)31-10-12-33(13-11-31)51-21-28-20-38(52-22-28,23-46-25-41-24-42-46)34-14-5-29(39)19-35(34)40/h5-14,19,24-25,27-28,36,49H,4,15-18,20-23,26H2,1-3H3/t27-,28+,36-,38-/m0/s1. The van der Waals surface area contributed by atoms with Crippen LogP contribution in [0.1, 0.15) is 32.3 Å². The summed E-state index contributed by atoms with van der Waals surface area (Å²) >= 11 is 0. The van der Waals surface area contributed by atoms with Gasteiger partial charge in [-0.05, 0) is 74.4 Å². The van der Waals surface area contributed by atoms with Crippen LogP contribution in [0.4, 0.5) is 30.6 Å². The first-order chi connectivity index (χ1) is 25.1. The highest BCUT2D eigenvalue weighted by atomic mass is 19.1. The van der Waals surface area contributed by atoms with Gasteiger partial charge in [0.05, 0.1) is 38.6 Å². The van der Waals surface area contributed by atoms with Crippen molar-refractivity contribution in [3.8, 4) is 5.75 Å². The van der Waals surface area contributed by atoms with E-state index in [9.17, 15) is 18.7 Å². The number of benzene rings is 3. The average molecular weight is 717 g/mol. The van der Waals surface area contributed by atoms with E-state index in [0.29, 0.717) is 38.3 Å². The third-order valence-electron chi connectivity index (χ3n) is 10.4. The second-order valence-electron chi connectivity index (χ2n) is 14.0. The lowest BCUT2D eigenvalue weighted by atomic mass is 9.87. The minimum absolute atomic E-state index is 0.00911. The summed E-state index contributed by atoms with van der Waals surface area (Å²) in [5, 5.41) is 17.9. The van der Waals surface area contributed by atoms with Gasteiger partial charge in [0.25, 0.3) is 0 Å². The van der Waals surface area contributed by atoms with Crippen LogP contribution in [0.2, 0.25) is 0 Å². The first kappa shape index (κ1) is 35.6. The number of hydrazine groups is 1. The number of piperazine rings is 1. The summed E-state index contributed by atoms with van der Waals surface area (Å²) in [6.45, 7) is 8.57. The van der Waals surface area contributed by atoms with Crippen molar-refractivity contribution in [2.75, 3.05) is 67.8 Å². The second kappa shape index (κ2) is 15.1. The monoisotopic (exact) mass is 716 g/mol. The molecule has 3 aliphatic heterocycles. The van der Waals surface area contributed by atoms with Gasteiger partial charge in [-0.15, -0.1) is 0 Å². The normalized spacial score (nSPS) is 22.3. The predicted molar refractivity (Wildman–Crippen MR) is 193 cm³/mol. The lowest BCUT2D eigenvalue weighted by Crippen LogP contribution is -2.49. The van der Waals surface area contributed by atoms with Gasteiger partial charge in [-0.2, -0.15) is 10.1 Å². The highest BCUT2D eigenvalue weighted by Crippen LogP contribution is 2.42. The zero-order valence-electron chi connectivity index (χ0n) is 29.8. The number of carbonyl (C=O) groups excluding carboxylic acids is 1. The molecule has 4 aromatic rings. The first-order valence-electron chi connectivity index (χ1n) is 17.9. The molecule has 0 bridgehead atoms. The zero-order valence-corrected chi connectivity index (χ0v) is 29.8. The van der Waals surface area contributed by atoms with Gasteiger partial charge in [0.1, 0.15) is 35.6 Å². The maximum absolute atomic E-state index is 15.0. The summed E-state index contributed by atoms with van der Waals surface area (Å²) in [6, 6.07) is 19.4. The summed E-state index contributed by atoms with van der Waals surface area (Å²) < 4.78 is 42.7.